The maximum atomic E-state index is 8.73. The Kier molecular flexibility index (Phi) is 9.11. The van der Waals surface area contributed by atoms with Crippen LogP contribution in [0.15, 0.2) is 30.5 Å². The first kappa shape index (κ1) is 15.7. The molecule has 17 heavy (non-hydrogen) atoms. The maximum Gasteiger partial charge on any atom is 0.0456 e. The number of hydrogen-bond donors (Lipinski definition) is 3. The first-order valence-corrected chi connectivity index (χ1v) is 6.15. The zero-order chi connectivity index (χ0) is 13.1. The number of fused-ring (bicyclic) bond motifs is 1. The van der Waals surface area contributed by atoms with Crippen molar-refractivity contribution >= 4 is 10.9 Å². The number of nitrogens with one attached hydrogen (secondary N) is 1. The van der Waals surface area contributed by atoms with E-state index in [1.165, 1.54) is 23.5 Å². The maximum absolute atomic E-state index is 8.73. The van der Waals surface area contributed by atoms with Gasteiger partial charge in [0.1, 0.15) is 0 Å². The minimum absolute atomic E-state index is 0.263. The fraction of sp³-hybridized carbons (Fsp3) is 0.429. The predicted octanol–water partition coefficient (Wildman–Crippen LogP) is 2.69. The van der Waals surface area contributed by atoms with Crippen molar-refractivity contribution < 1.29 is 5.11 Å². The zero-order valence-electron chi connectivity index (χ0n) is 11.0. The number of nitrogens with two attached hydrogens (primary N) is 1. The molecule has 0 spiro atoms. The molecule has 4 N–H and O–H groups in total. The van der Waals surface area contributed by atoms with Gasteiger partial charge in [-0.15, -0.1) is 0 Å². The lowest BCUT2D eigenvalue weighted by atomic mass is 10.1. The van der Waals surface area contributed by atoms with Crippen LogP contribution in [0.4, 0.5) is 0 Å². The Hall–Kier alpha value is -1.32. The van der Waals surface area contributed by atoms with Gasteiger partial charge in [0.2, 0.25) is 0 Å². The minimum Gasteiger partial charge on any atom is -0.396 e. The van der Waals surface area contributed by atoms with Gasteiger partial charge in [0, 0.05) is 23.7 Å². The number of aromatic nitrogens is 1. The Morgan fingerprint density at radius 1 is 1.18 bits per heavy atom. The van der Waals surface area contributed by atoms with Gasteiger partial charge in [-0.2, -0.15) is 0 Å². The van der Waals surface area contributed by atoms with Crippen LogP contribution in [0.1, 0.15) is 25.8 Å². The Balaban J connectivity index is 0.000000581. The Morgan fingerprint density at radius 3 is 2.47 bits per heavy atom. The molecule has 3 nitrogen and oxygen atoms in total. The summed E-state index contributed by atoms with van der Waals surface area (Å²) in [6.07, 6.45) is 3.81. The fourth-order valence-electron chi connectivity index (χ4n) is 1.61. The number of para-hydroxylation sites is 1. The van der Waals surface area contributed by atoms with Crippen molar-refractivity contribution in [2.45, 2.75) is 26.7 Å². The van der Waals surface area contributed by atoms with Crippen LogP contribution >= 0.6 is 0 Å². The van der Waals surface area contributed by atoms with Gasteiger partial charge in [-0.25, -0.2) is 0 Å². The van der Waals surface area contributed by atoms with Crippen LogP contribution in [0.3, 0.4) is 0 Å². The zero-order valence-corrected chi connectivity index (χ0v) is 11.0. The van der Waals surface area contributed by atoms with Crippen molar-refractivity contribution in [3.8, 4) is 0 Å². The average molecular weight is 236 g/mol. The van der Waals surface area contributed by atoms with E-state index < -0.39 is 0 Å². The lowest BCUT2D eigenvalue weighted by Gasteiger charge is -1.95. The van der Waals surface area contributed by atoms with E-state index in [1.54, 1.807) is 0 Å². The number of rotatable bonds is 3. The molecule has 2 aromatic rings. The van der Waals surface area contributed by atoms with Crippen LogP contribution < -0.4 is 5.73 Å². The molecule has 0 aliphatic rings. The Morgan fingerprint density at radius 2 is 1.82 bits per heavy atom. The Labute approximate surface area is 104 Å². The summed E-state index contributed by atoms with van der Waals surface area (Å²) in [7, 11) is 1.50. The smallest absolute Gasteiger partial charge is 0.0456 e. The second-order valence-corrected chi connectivity index (χ2v) is 3.19. The van der Waals surface area contributed by atoms with Crippen molar-refractivity contribution in [3.05, 3.63) is 36.0 Å². The summed E-state index contributed by atoms with van der Waals surface area (Å²) in [5.74, 6) is 0. The van der Waals surface area contributed by atoms with Gasteiger partial charge in [-0.3, -0.25) is 0 Å². The summed E-state index contributed by atoms with van der Waals surface area (Å²) in [6.45, 7) is 4.26. The molecule has 0 unspecified atom stereocenters. The normalized spacial score (nSPS) is 9.00. The summed E-state index contributed by atoms with van der Waals surface area (Å²) >= 11 is 0. The molecular weight excluding hydrogens is 212 g/mol. The highest BCUT2D eigenvalue weighted by Gasteiger charge is 2.00. The van der Waals surface area contributed by atoms with E-state index >= 15 is 0 Å². The van der Waals surface area contributed by atoms with E-state index in [1.807, 2.05) is 32.2 Å². The van der Waals surface area contributed by atoms with Crippen LogP contribution in [-0.4, -0.2) is 23.7 Å². The number of aromatic amines is 1. The first-order chi connectivity index (χ1) is 8.42. The summed E-state index contributed by atoms with van der Waals surface area (Å²) in [5.41, 5.74) is 6.97. The summed E-state index contributed by atoms with van der Waals surface area (Å²) < 4.78 is 0. The van der Waals surface area contributed by atoms with Crippen LogP contribution in [0, 0.1) is 0 Å². The van der Waals surface area contributed by atoms with E-state index in [0.29, 0.717) is 0 Å². The third-order valence-corrected chi connectivity index (χ3v) is 2.28. The number of aryl methyl sites for hydroxylation is 1. The molecule has 96 valence electrons. The van der Waals surface area contributed by atoms with Crippen molar-refractivity contribution in [3.63, 3.8) is 0 Å². The third kappa shape index (κ3) is 4.59. The second-order valence-electron chi connectivity index (χ2n) is 3.19. The minimum atomic E-state index is 0.263. The third-order valence-electron chi connectivity index (χ3n) is 2.28. The molecule has 0 amide bonds. The van der Waals surface area contributed by atoms with Crippen LogP contribution in [0.2, 0.25) is 0 Å². The molecule has 0 saturated heterocycles. The molecule has 0 bridgehead atoms. The van der Waals surface area contributed by atoms with E-state index in [4.69, 9.17) is 5.11 Å². The molecule has 0 aliphatic heterocycles. The molecule has 0 saturated carbocycles. The number of aliphatic hydroxyl groups excluding tert-OH is 1. The standard InChI is InChI=1S/C11H13NO.C2H6.CH5N/c13-7-3-4-9-8-12-11-6-2-1-5-10(9)11;2*1-2/h1-2,5-6,8,12-13H,3-4,7H2;1-2H3;2H2,1H3. The molecule has 0 radical (unpaired) electrons. The number of H-pyrrole nitrogens is 1. The highest BCUT2D eigenvalue weighted by atomic mass is 16.2. The quantitative estimate of drug-likeness (QED) is 0.767. The van der Waals surface area contributed by atoms with E-state index in [0.717, 1.165) is 12.8 Å². The summed E-state index contributed by atoms with van der Waals surface area (Å²) in [4.78, 5) is 3.22. The molecule has 0 fully saturated rings. The fourth-order valence-corrected chi connectivity index (χ4v) is 1.61. The van der Waals surface area contributed by atoms with Crippen molar-refractivity contribution in [2.24, 2.45) is 5.73 Å². The lowest BCUT2D eigenvalue weighted by Crippen LogP contribution is -1.87. The molecule has 0 atom stereocenters. The monoisotopic (exact) mass is 236 g/mol. The molecule has 2 rings (SSSR count). The van der Waals surface area contributed by atoms with Gasteiger partial charge >= 0.3 is 0 Å². The van der Waals surface area contributed by atoms with Crippen molar-refractivity contribution in [2.75, 3.05) is 13.7 Å². The highest BCUT2D eigenvalue weighted by molar-refractivity contribution is 5.82. The van der Waals surface area contributed by atoms with Crippen LogP contribution in [-0.2, 0) is 6.42 Å². The summed E-state index contributed by atoms with van der Waals surface area (Å²) in [6, 6.07) is 8.24. The molecule has 3 heteroatoms. The Bertz CT molecular complexity index is 396. The second kappa shape index (κ2) is 9.87. The van der Waals surface area contributed by atoms with Gasteiger partial charge in [0.05, 0.1) is 0 Å². The van der Waals surface area contributed by atoms with Crippen molar-refractivity contribution in [1.82, 2.24) is 4.98 Å². The largest absolute Gasteiger partial charge is 0.396 e. The molecule has 1 heterocycles. The topological polar surface area (TPSA) is 62.0 Å². The number of aliphatic hydroxyl groups is 1. The van der Waals surface area contributed by atoms with E-state index in [-0.39, 0.29) is 6.61 Å². The first-order valence-electron chi connectivity index (χ1n) is 6.15. The molecule has 0 aliphatic carbocycles. The summed E-state index contributed by atoms with van der Waals surface area (Å²) in [5, 5.41) is 10.0. The van der Waals surface area contributed by atoms with E-state index in [2.05, 4.69) is 22.9 Å². The number of hydrogen-bond acceptors (Lipinski definition) is 2. The van der Waals surface area contributed by atoms with Crippen LogP contribution in [0.25, 0.3) is 10.9 Å². The van der Waals surface area contributed by atoms with Gasteiger partial charge in [-0.05, 0) is 31.5 Å². The van der Waals surface area contributed by atoms with Gasteiger partial charge < -0.3 is 15.8 Å². The lowest BCUT2D eigenvalue weighted by molar-refractivity contribution is 0.289. The van der Waals surface area contributed by atoms with Crippen molar-refractivity contribution in [1.29, 1.82) is 0 Å². The van der Waals surface area contributed by atoms with Gasteiger partial charge in [0.25, 0.3) is 0 Å². The molecule has 1 aromatic carbocycles. The average Bonchev–Trinajstić information content (AvgIpc) is 2.84. The molecular formula is C14H24N2O. The molecule has 1 aromatic heterocycles. The predicted molar refractivity (Wildman–Crippen MR) is 75.2 cm³/mol. The van der Waals surface area contributed by atoms with Gasteiger partial charge in [0.15, 0.2) is 0 Å². The highest BCUT2D eigenvalue weighted by Crippen LogP contribution is 2.18. The SMILES string of the molecule is CC.CN.OCCCc1c[nH]c2ccccc12. The van der Waals surface area contributed by atoms with E-state index in [9.17, 15) is 0 Å². The number of benzene rings is 1. The van der Waals surface area contributed by atoms with Crippen LogP contribution in [0.5, 0.6) is 0 Å². The van der Waals surface area contributed by atoms with Gasteiger partial charge in [-0.1, -0.05) is 32.0 Å².